The van der Waals surface area contributed by atoms with Crippen LogP contribution in [0.2, 0.25) is 0 Å². The molecule has 0 spiro atoms. The molecule has 2 amide bonds. The Hall–Kier alpha value is -2.91. The molecule has 0 aromatic heterocycles. The van der Waals surface area contributed by atoms with Gasteiger partial charge in [0.05, 0.1) is 11.5 Å². The van der Waals surface area contributed by atoms with Crippen LogP contribution in [-0.2, 0) is 27.7 Å². The second-order valence-electron chi connectivity index (χ2n) is 9.49. The van der Waals surface area contributed by atoms with Crippen molar-refractivity contribution < 1.29 is 22.7 Å². The third-order valence-corrected chi connectivity index (χ3v) is 8.24. The number of amides is 2. The number of fused-ring (bicyclic) bond motifs is 1. The first-order valence-electron chi connectivity index (χ1n) is 12.1. The molecular weight excluding hydrogens is 466 g/mol. The molecule has 0 unspecified atom stereocenters. The van der Waals surface area contributed by atoms with Crippen molar-refractivity contribution in [3.05, 3.63) is 65.2 Å². The molecule has 2 aliphatic heterocycles. The first-order chi connectivity index (χ1) is 16.8. The Kier molecular flexibility index (Phi) is 7.76. The van der Waals surface area contributed by atoms with Crippen molar-refractivity contribution in [3.8, 4) is 0 Å². The lowest BCUT2D eigenvalue weighted by atomic mass is 10.0. The zero-order valence-corrected chi connectivity index (χ0v) is 21.2. The van der Waals surface area contributed by atoms with E-state index in [1.54, 1.807) is 28.0 Å². The van der Waals surface area contributed by atoms with Gasteiger partial charge in [-0.15, -0.1) is 0 Å². The lowest BCUT2D eigenvalue weighted by Crippen LogP contribution is -2.38. The minimum Gasteiger partial charge on any atom is -0.449 e. The second kappa shape index (κ2) is 10.8. The molecule has 35 heavy (non-hydrogen) atoms. The molecule has 0 N–H and O–H groups in total. The Labute approximate surface area is 207 Å². The number of rotatable bonds is 5. The molecule has 0 saturated carbocycles. The topological polar surface area (TPSA) is 87.2 Å². The normalized spacial score (nSPS) is 17.1. The summed E-state index contributed by atoms with van der Waals surface area (Å²) in [5.74, 6) is 0.0238. The lowest BCUT2D eigenvalue weighted by molar-refractivity contribution is 0.0746. The molecule has 188 valence electrons. The van der Waals surface area contributed by atoms with Crippen molar-refractivity contribution in [3.63, 3.8) is 0 Å². The first-order valence-corrected chi connectivity index (χ1v) is 13.6. The number of carbonyl (C=O) groups excluding carboxylic acids is 2. The number of benzene rings is 2. The van der Waals surface area contributed by atoms with Gasteiger partial charge in [0.1, 0.15) is 0 Å². The van der Waals surface area contributed by atoms with Gasteiger partial charge in [0.25, 0.3) is 5.91 Å². The molecule has 2 aromatic carbocycles. The van der Waals surface area contributed by atoms with E-state index in [1.165, 1.54) is 15.9 Å². The Morgan fingerprint density at radius 1 is 0.914 bits per heavy atom. The standard InChI is InChI=1S/C26H33N3O5S/c1-20(2)19-34-26(31)28-13-6-12-27(15-16-28)25(30)22-9-5-10-24(17-22)35(32,33)29-14-11-21-7-3-4-8-23(21)18-29/h3-5,7-10,17,20H,6,11-16,18-19H2,1-2H3. The summed E-state index contributed by atoms with van der Waals surface area (Å²) in [6.07, 6.45) is 0.940. The minimum atomic E-state index is -3.74. The molecule has 0 aliphatic carbocycles. The van der Waals surface area contributed by atoms with E-state index in [0.29, 0.717) is 64.3 Å². The molecule has 2 heterocycles. The molecule has 0 radical (unpaired) electrons. The number of hydrogen-bond acceptors (Lipinski definition) is 5. The molecule has 0 bridgehead atoms. The van der Waals surface area contributed by atoms with Gasteiger partial charge in [0, 0.05) is 44.8 Å². The van der Waals surface area contributed by atoms with Crippen molar-refractivity contribution in [2.45, 2.75) is 38.1 Å². The zero-order chi connectivity index (χ0) is 25.0. The summed E-state index contributed by atoms with van der Waals surface area (Å²) < 4.78 is 33.5. The van der Waals surface area contributed by atoms with Crippen LogP contribution in [0.5, 0.6) is 0 Å². The Morgan fingerprint density at radius 3 is 2.40 bits per heavy atom. The molecule has 2 aromatic rings. The van der Waals surface area contributed by atoms with Gasteiger partial charge >= 0.3 is 6.09 Å². The van der Waals surface area contributed by atoms with Crippen LogP contribution >= 0.6 is 0 Å². The van der Waals surface area contributed by atoms with Crippen molar-refractivity contribution in [2.24, 2.45) is 5.92 Å². The molecule has 0 atom stereocenters. The van der Waals surface area contributed by atoms with Crippen LogP contribution in [0.15, 0.2) is 53.4 Å². The van der Waals surface area contributed by atoms with E-state index in [2.05, 4.69) is 0 Å². The van der Waals surface area contributed by atoms with Gasteiger partial charge < -0.3 is 14.5 Å². The third kappa shape index (κ3) is 5.85. The summed E-state index contributed by atoms with van der Waals surface area (Å²) in [6, 6.07) is 14.1. The van der Waals surface area contributed by atoms with Crippen molar-refractivity contribution in [1.82, 2.24) is 14.1 Å². The minimum absolute atomic E-state index is 0.122. The predicted molar refractivity (Wildman–Crippen MR) is 132 cm³/mol. The quantitative estimate of drug-likeness (QED) is 0.630. The van der Waals surface area contributed by atoms with Gasteiger partial charge in [0.2, 0.25) is 10.0 Å². The Bertz CT molecular complexity index is 1180. The molecule has 1 fully saturated rings. The van der Waals surface area contributed by atoms with E-state index >= 15 is 0 Å². The molecule has 8 nitrogen and oxygen atoms in total. The highest BCUT2D eigenvalue weighted by molar-refractivity contribution is 7.89. The highest BCUT2D eigenvalue weighted by Crippen LogP contribution is 2.25. The summed E-state index contributed by atoms with van der Waals surface area (Å²) >= 11 is 0. The van der Waals surface area contributed by atoms with E-state index in [-0.39, 0.29) is 22.8 Å². The number of ether oxygens (including phenoxy) is 1. The number of sulfonamides is 1. The number of hydrogen-bond donors (Lipinski definition) is 0. The van der Waals surface area contributed by atoms with E-state index in [9.17, 15) is 18.0 Å². The molecule has 1 saturated heterocycles. The fourth-order valence-corrected chi connectivity index (χ4v) is 5.89. The second-order valence-corrected chi connectivity index (χ2v) is 11.4. The van der Waals surface area contributed by atoms with E-state index in [0.717, 1.165) is 5.56 Å². The Balaban J connectivity index is 1.44. The van der Waals surface area contributed by atoms with Gasteiger partial charge in [-0.3, -0.25) is 4.79 Å². The summed E-state index contributed by atoms with van der Waals surface area (Å²) in [5.41, 5.74) is 2.51. The van der Waals surface area contributed by atoms with Gasteiger partial charge in [0.15, 0.2) is 0 Å². The smallest absolute Gasteiger partial charge is 0.409 e. The average Bonchev–Trinajstić information content (AvgIpc) is 3.13. The molecule has 9 heteroatoms. The summed E-state index contributed by atoms with van der Waals surface area (Å²) in [5, 5.41) is 0. The molecule has 2 aliphatic rings. The van der Waals surface area contributed by atoms with Crippen LogP contribution in [0.4, 0.5) is 4.79 Å². The first kappa shape index (κ1) is 25.2. The molecular formula is C26H33N3O5S. The average molecular weight is 500 g/mol. The van der Waals surface area contributed by atoms with Gasteiger partial charge in [-0.1, -0.05) is 44.2 Å². The maximum absolute atomic E-state index is 13.4. The summed E-state index contributed by atoms with van der Waals surface area (Å²) in [4.78, 5) is 29.0. The van der Waals surface area contributed by atoms with Gasteiger partial charge in [-0.2, -0.15) is 4.31 Å². The highest BCUT2D eigenvalue weighted by atomic mass is 32.2. The fourth-order valence-electron chi connectivity index (χ4n) is 4.43. The lowest BCUT2D eigenvalue weighted by Gasteiger charge is -2.28. The maximum Gasteiger partial charge on any atom is 0.409 e. The summed E-state index contributed by atoms with van der Waals surface area (Å²) in [6.45, 7) is 6.82. The largest absolute Gasteiger partial charge is 0.449 e. The monoisotopic (exact) mass is 499 g/mol. The van der Waals surface area contributed by atoms with Crippen LogP contribution in [-0.4, -0.2) is 73.9 Å². The van der Waals surface area contributed by atoms with Crippen molar-refractivity contribution in [2.75, 3.05) is 39.3 Å². The fraction of sp³-hybridized carbons (Fsp3) is 0.462. The van der Waals surface area contributed by atoms with Crippen LogP contribution in [0.25, 0.3) is 0 Å². The van der Waals surface area contributed by atoms with E-state index in [4.69, 9.17) is 4.74 Å². The van der Waals surface area contributed by atoms with E-state index < -0.39 is 10.0 Å². The third-order valence-electron chi connectivity index (χ3n) is 6.40. The molecule has 4 rings (SSSR count). The van der Waals surface area contributed by atoms with Gasteiger partial charge in [-0.25, -0.2) is 13.2 Å². The summed E-state index contributed by atoms with van der Waals surface area (Å²) in [7, 11) is -3.74. The van der Waals surface area contributed by atoms with Crippen LogP contribution < -0.4 is 0 Å². The van der Waals surface area contributed by atoms with Crippen LogP contribution in [0, 0.1) is 5.92 Å². The number of nitrogens with zero attached hydrogens (tertiary/aromatic N) is 3. The van der Waals surface area contributed by atoms with Crippen LogP contribution in [0.1, 0.15) is 41.8 Å². The SMILES string of the molecule is CC(C)COC(=O)N1CCCN(C(=O)c2cccc(S(=O)(=O)N3CCc4ccccc4C3)c2)CC1. The van der Waals surface area contributed by atoms with E-state index in [1.807, 2.05) is 38.1 Å². The highest BCUT2D eigenvalue weighted by Gasteiger charge is 2.30. The van der Waals surface area contributed by atoms with Crippen molar-refractivity contribution in [1.29, 1.82) is 0 Å². The maximum atomic E-state index is 13.4. The van der Waals surface area contributed by atoms with Gasteiger partial charge in [-0.05, 0) is 48.1 Å². The predicted octanol–water partition coefficient (Wildman–Crippen LogP) is 3.37. The van der Waals surface area contributed by atoms with Crippen molar-refractivity contribution >= 4 is 22.0 Å². The zero-order valence-electron chi connectivity index (χ0n) is 20.4. The van der Waals surface area contributed by atoms with Crippen LogP contribution in [0.3, 0.4) is 0 Å². The number of carbonyl (C=O) groups is 2. The Morgan fingerprint density at radius 2 is 1.63 bits per heavy atom.